The third-order valence-electron chi connectivity index (χ3n) is 3.52. The molecule has 0 radical (unpaired) electrons. The van der Waals surface area contributed by atoms with E-state index in [-0.39, 0.29) is 6.04 Å². The van der Waals surface area contributed by atoms with E-state index < -0.39 is 0 Å². The second-order valence-electron chi connectivity index (χ2n) is 4.45. The van der Waals surface area contributed by atoms with Crippen LogP contribution in [-0.2, 0) is 0 Å². The predicted octanol–water partition coefficient (Wildman–Crippen LogP) is 1.61. The first-order valence-corrected chi connectivity index (χ1v) is 6.09. The van der Waals surface area contributed by atoms with Gasteiger partial charge in [-0.15, -0.1) is 0 Å². The highest BCUT2D eigenvalue weighted by Crippen LogP contribution is 2.19. The molecule has 0 aromatic heterocycles. The van der Waals surface area contributed by atoms with Crippen LogP contribution in [0.1, 0.15) is 32.6 Å². The van der Waals surface area contributed by atoms with E-state index >= 15 is 0 Å². The third kappa shape index (κ3) is 4.19. The van der Waals surface area contributed by atoms with Crippen LogP contribution in [0.2, 0.25) is 0 Å². The van der Waals surface area contributed by atoms with Gasteiger partial charge >= 0.3 is 0 Å². The van der Waals surface area contributed by atoms with Gasteiger partial charge in [-0.1, -0.05) is 13.3 Å². The number of nitriles is 1. The summed E-state index contributed by atoms with van der Waals surface area (Å²) in [6.07, 6.45) is 4.95. The maximum absolute atomic E-state index is 8.80. The molecule has 1 atom stereocenters. The molecular formula is C12H23N3. The second kappa shape index (κ2) is 6.81. The molecule has 1 unspecified atom stereocenters. The number of likely N-dealkylation sites (tertiary alicyclic amines) is 1. The van der Waals surface area contributed by atoms with Gasteiger partial charge in [-0.25, -0.2) is 0 Å². The third-order valence-corrected chi connectivity index (χ3v) is 3.52. The molecule has 0 spiro atoms. The molecule has 0 aliphatic carbocycles. The van der Waals surface area contributed by atoms with Gasteiger partial charge in [0.15, 0.2) is 0 Å². The van der Waals surface area contributed by atoms with Crippen molar-refractivity contribution in [3.05, 3.63) is 0 Å². The Morgan fingerprint density at radius 3 is 2.60 bits per heavy atom. The number of hydrogen-bond donors (Lipinski definition) is 1. The fourth-order valence-electron chi connectivity index (χ4n) is 2.20. The zero-order chi connectivity index (χ0) is 11.1. The van der Waals surface area contributed by atoms with Crippen LogP contribution in [0.5, 0.6) is 0 Å². The highest BCUT2D eigenvalue weighted by Gasteiger charge is 2.18. The Balaban J connectivity index is 2.16. The Morgan fingerprint density at radius 1 is 1.47 bits per heavy atom. The fraction of sp³-hybridized carbons (Fsp3) is 0.917. The standard InChI is InChI=1S/C12H23N3/c1-3-11-4-7-15(8-5-11)9-6-12(10-13)14-2/h11-12,14H,3-9H2,1-2H3. The summed E-state index contributed by atoms with van der Waals surface area (Å²) in [5.41, 5.74) is 0. The first kappa shape index (κ1) is 12.5. The molecular weight excluding hydrogens is 186 g/mol. The molecule has 15 heavy (non-hydrogen) atoms. The lowest BCUT2D eigenvalue weighted by Gasteiger charge is -2.31. The monoisotopic (exact) mass is 209 g/mol. The average Bonchev–Trinajstić information content (AvgIpc) is 2.31. The topological polar surface area (TPSA) is 39.1 Å². The van der Waals surface area contributed by atoms with Crippen molar-refractivity contribution in [1.29, 1.82) is 5.26 Å². The molecule has 1 heterocycles. The maximum atomic E-state index is 8.80. The Morgan fingerprint density at radius 2 is 2.13 bits per heavy atom. The van der Waals surface area contributed by atoms with E-state index in [0.29, 0.717) is 0 Å². The van der Waals surface area contributed by atoms with Gasteiger partial charge in [-0.3, -0.25) is 0 Å². The van der Waals surface area contributed by atoms with E-state index in [4.69, 9.17) is 5.26 Å². The van der Waals surface area contributed by atoms with Crippen LogP contribution in [0.15, 0.2) is 0 Å². The van der Waals surface area contributed by atoms with Gasteiger partial charge in [0.1, 0.15) is 0 Å². The first-order valence-electron chi connectivity index (χ1n) is 6.09. The maximum Gasteiger partial charge on any atom is 0.0962 e. The van der Waals surface area contributed by atoms with Crippen molar-refractivity contribution in [3.63, 3.8) is 0 Å². The summed E-state index contributed by atoms with van der Waals surface area (Å²) in [4.78, 5) is 2.49. The first-order chi connectivity index (χ1) is 7.30. The van der Waals surface area contributed by atoms with Gasteiger partial charge in [0.05, 0.1) is 12.1 Å². The van der Waals surface area contributed by atoms with Gasteiger partial charge in [-0.2, -0.15) is 5.26 Å². The van der Waals surface area contributed by atoms with Crippen LogP contribution in [0.25, 0.3) is 0 Å². The SMILES string of the molecule is CCC1CCN(CCC(C#N)NC)CC1. The number of nitrogens with one attached hydrogen (secondary N) is 1. The summed E-state index contributed by atoms with van der Waals surface area (Å²) in [5.74, 6) is 0.942. The predicted molar refractivity (Wildman–Crippen MR) is 62.5 cm³/mol. The fourth-order valence-corrected chi connectivity index (χ4v) is 2.20. The molecule has 86 valence electrons. The number of piperidine rings is 1. The highest BCUT2D eigenvalue weighted by atomic mass is 15.1. The number of nitrogens with zero attached hydrogens (tertiary/aromatic N) is 2. The molecule has 0 amide bonds. The summed E-state index contributed by atoms with van der Waals surface area (Å²) in [6, 6.07) is 2.30. The molecule has 1 N–H and O–H groups in total. The van der Waals surface area contributed by atoms with E-state index in [2.05, 4.69) is 23.2 Å². The lowest BCUT2D eigenvalue weighted by atomic mass is 9.94. The van der Waals surface area contributed by atoms with Crippen LogP contribution in [0.3, 0.4) is 0 Å². The molecule has 1 aliphatic rings. The second-order valence-corrected chi connectivity index (χ2v) is 4.45. The van der Waals surface area contributed by atoms with Crippen LogP contribution >= 0.6 is 0 Å². The van der Waals surface area contributed by atoms with Gasteiger partial charge in [0, 0.05) is 6.54 Å². The summed E-state index contributed by atoms with van der Waals surface area (Å²) >= 11 is 0. The minimum Gasteiger partial charge on any atom is -0.305 e. The number of hydrogen-bond acceptors (Lipinski definition) is 3. The molecule has 0 aromatic carbocycles. The van der Waals surface area contributed by atoms with Crippen molar-refractivity contribution < 1.29 is 0 Å². The van der Waals surface area contributed by atoms with Crippen LogP contribution in [0.4, 0.5) is 0 Å². The van der Waals surface area contributed by atoms with E-state index in [1.807, 2.05) is 7.05 Å². The molecule has 1 rings (SSSR count). The summed E-state index contributed by atoms with van der Waals surface area (Å²) in [5, 5.41) is 11.8. The minimum absolute atomic E-state index is 0.0221. The molecule has 3 nitrogen and oxygen atoms in total. The Hall–Kier alpha value is -0.590. The Labute approximate surface area is 93.5 Å². The van der Waals surface area contributed by atoms with Gasteiger partial charge < -0.3 is 10.2 Å². The lowest BCUT2D eigenvalue weighted by Crippen LogP contribution is -2.37. The van der Waals surface area contributed by atoms with Crippen LogP contribution in [-0.4, -0.2) is 37.6 Å². The summed E-state index contributed by atoms with van der Waals surface area (Å²) in [6.45, 7) is 5.79. The van der Waals surface area contributed by atoms with Crippen molar-refractivity contribution in [3.8, 4) is 6.07 Å². The number of rotatable bonds is 5. The van der Waals surface area contributed by atoms with Crippen molar-refractivity contribution in [2.75, 3.05) is 26.7 Å². The van der Waals surface area contributed by atoms with E-state index in [1.165, 1.54) is 32.4 Å². The lowest BCUT2D eigenvalue weighted by molar-refractivity contribution is 0.178. The van der Waals surface area contributed by atoms with Crippen molar-refractivity contribution in [2.24, 2.45) is 5.92 Å². The van der Waals surface area contributed by atoms with Gasteiger partial charge in [0.2, 0.25) is 0 Å². The highest BCUT2D eigenvalue weighted by molar-refractivity contribution is 4.89. The van der Waals surface area contributed by atoms with E-state index in [9.17, 15) is 0 Å². The van der Waals surface area contributed by atoms with E-state index in [1.54, 1.807) is 0 Å². The van der Waals surface area contributed by atoms with E-state index in [0.717, 1.165) is 18.9 Å². The normalized spacial score (nSPS) is 21.1. The van der Waals surface area contributed by atoms with Crippen LogP contribution in [0, 0.1) is 17.2 Å². The molecule has 1 aliphatic heterocycles. The summed E-state index contributed by atoms with van der Waals surface area (Å²) in [7, 11) is 1.86. The Kier molecular flexibility index (Phi) is 5.67. The largest absolute Gasteiger partial charge is 0.305 e. The molecule has 1 fully saturated rings. The Bertz CT molecular complexity index is 201. The van der Waals surface area contributed by atoms with Crippen molar-refractivity contribution >= 4 is 0 Å². The molecule has 0 aromatic rings. The smallest absolute Gasteiger partial charge is 0.0962 e. The zero-order valence-electron chi connectivity index (χ0n) is 10.00. The quantitative estimate of drug-likeness (QED) is 0.747. The molecule has 3 heteroatoms. The van der Waals surface area contributed by atoms with Gasteiger partial charge in [-0.05, 0) is 45.3 Å². The summed E-state index contributed by atoms with van der Waals surface area (Å²) < 4.78 is 0. The average molecular weight is 209 g/mol. The molecule has 0 saturated carbocycles. The van der Waals surface area contributed by atoms with Crippen molar-refractivity contribution in [2.45, 2.75) is 38.6 Å². The van der Waals surface area contributed by atoms with Crippen molar-refractivity contribution in [1.82, 2.24) is 10.2 Å². The minimum atomic E-state index is 0.0221. The molecule has 0 bridgehead atoms. The van der Waals surface area contributed by atoms with Gasteiger partial charge in [0.25, 0.3) is 0 Å². The molecule has 1 saturated heterocycles. The zero-order valence-corrected chi connectivity index (χ0v) is 10.00. The van der Waals surface area contributed by atoms with Crippen LogP contribution < -0.4 is 5.32 Å².